The van der Waals surface area contributed by atoms with Gasteiger partial charge in [0.2, 0.25) is 0 Å². The number of aliphatic hydroxyl groups is 1. The van der Waals surface area contributed by atoms with Crippen molar-refractivity contribution in [2.75, 3.05) is 0 Å². The number of halogens is 2. The van der Waals surface area contributed by atoms with Crippen molar-refractivity contribution in [2.45, 2.75) is 52.1 Å². The van der Waals surface area contributed by atoms with Gasteiger partial charge in [-0.3, -0.25) is 0 Å². The Bertz CT molecular complexity index is 107. The van der Waals surface area contributed by atoms with E-state index < -0.39 is 12.5 Å². The van der Waals surface area contributed by atoms with E-state index in [0.717, 1.165) is 12.8 Å². The van der Waals surface area contributed by atoms with Crippen LogP contribution in [0.4, 0.5) is 8.78 Å². The molecule has 0 bridgehead atoms. The summed E-state index contributed by atoms with van der Waals surface area (Å²) in [6.45, 7) is 3.85. The summed E-state index contributed by atoms with van der Waals surface area (Å²) in [4.78, 5) is 0. The van der Waals surface area contributed by atoms with Gasteiger partial charge >= 0.3 is 0 Å². The minimum Gasteiger partial charge on any atom is -0.387 e. The van der Waals surface area contributed by atoms with E-state index in [9.17, 15) is 8.78 Å². The first-order valence-electron chi connectivity index (χ1n) is 4.59. The van der Waals surface area contributed by atoms with Crippen LogP contribution in [-0.2, 0) is 0 Å². The molecule has 1 N–H and O–H groups in total. The van der Waals surface area contributed by atoms with Crippen LogP contribution in [0.3, 0.4) is 0 Å². The van der Waals surface area contributed by atoms with Gasteiger partial charge in [0.1, 0.15) is 6.10 Å². The molecule has 0 aromatic heterocycles. The predicted molar refractivity (Wildman–Crippen MR) is 45.3 cm³/mol. The monoisotopic (exact) mass is 180 g/mol. The average molecular weight is 180 g/mol. The largest absolute Gasteiger partial charge is 0.387 e. The SMILES string of the molecule is CCCC[C@@H](CC)[C@@H](O)C(F)F. The first-order valence-corrected chi connectivity index (χ1v) is 4.59. The van der Waals surface area contributed by atoms with E-state index in [1.807, 2.05) is 13.8 Å². The third-order valence-electron chi connectivity index (χ3n) is 2.19. The smallest absolute Gasteiger partial charge is 0.264 e. The second-order valence-electron chi connectivity index (χ2n) is 3.14. The van der Waals surface area contributed by atoms with Gasteiger partial charge in [-0.25, -0.2) is 8.78 Å². The highest BCUT2D eigenvalue weighted by Crippen LogP contribution is 2.21. The fraction of sp³-hybridized carbons (Fsp3) is 1.00. The Morgan fingerprint density at radius 3 is 2.17 bits per heavy atom. The van der Waals surface area contributed by atoms with Gasteiger partial charge in [-0.1, -0.05) is 33.1 Å². The highest BCUT2D eigenvalue weighted by Gasteiger charge is 2.25. The summed E-state index contributed by atoms with van der Waals surface area (Å²) in [5.74, 6) is -0.232. The Hall–Kier alpha value is -0.180. The van der Waals surface area contributed by atoms with Crippen molar-refractivity contribution in [3.8, 4) is 0 Å². The van der Waals surface area contributed by atoms with Crippen molar-refractivity contribution in [1.29, 1.82) is 0 Å². The number of unbranched alkanes of at least 4 members (excludes halogenated alkanes) is 1. The van der Waals surface area contributed by atoms with E-state index in [0.29, 0.717) is 12.8 Å². The zero-order valence-corrected chi connectivity index (χ0v) is 7.76. The molecule has 0 aliphatic heterocycles. The highest BCUT2D eigenvalue weighted by molar-refractivity contribution is 4.69. The normalized spacial score (nSPS) is 16.5. The van der Waals surface area contributed by atoms with Crippen LogP contribution in [0.2, 0.25) is 0 Å². The highest BCUT2D eigenvalue weighted by atomic mass is 19.3. The molecule has 74 valence electrons. The summed E-state index contributed by atoms with van der Waals surface area (Å²) in [5, 5.41) is 9.06. The van der Waals surface area contributed by atoms with Crippen LogP contribution in [0.5, 0.6) is 0 Å². The van der Waals surface area contributed by atoms with Crippen molar-refractivity contribution < 1.29 is 13.9 Å². The van der Waals surface area contributed by atoms with Crippen molar-refractivity contribution in [2.24, 2.45) is 5.92 Å². The van der Waals surface area contributed by atoms with Gasteiger partial charge < -0.3 is 5.11 Å². The summed E-state index contributed by atoms with van der Waals surface area (Å²) in [6.07, 6.45) is -0.771. The van der Waals surface area contributed by atoms with Crippen molar-refractivity contribution in [1.82, 2.24) is 0 Å². The molecular formula is C9H18F2O. The average Bonchev–Trinajstić information content (AvgIpc) is 2.05. The van der Waals surface area contributed by atoms with Gasteiger partial charge in [-0.2, -0.15) is 0 Å². The number of aliphatic hydroxyl groups excluding tert-OH is 1. The molecule has 0 saturated carbocycles. The van der Waals surface area contributed by atoms with Gasteiger partial charge in [-0.05, 0) is 12.3 Å². The van der Waals surface area contributed by atoms with E-state index >= 15 is 0 Å². The lowest BCUT2D eigenvalue weighted by Crippen LogP contribution is -2.27. The zero-order chi connectivity index (χ0) is 9.56. The van der Waals surface area contributed by atoms with Crippen LogP contribution in [0.1, 0.15) is 39.5 Å². The van der Waals surface area contributed by atoms with Crippen LogP contribution in [-0.4, -0.2) is 17.6 Å². The predicted octanol–water partition coefficient (Wildman–Crippen LogP) is 2.83. The molecule has 0 aromatic rings. The molecule has 0 aromatic carbocycles. The first kappa shape index (κ1) is 11.8. The molecule has 0 heterocycles. The Morgan fingerprint density at radius 1 is 1.25 bits per heavy atom. The number of hydrogen-bond donors (Lipinski definition) is 1. The van der Waals surface area contributed by atoms with Gasteiger partial charge in [0.05, 0.1) is 0 Å². The van der Waals surface area contributed by atoms with Crippen molar-refractivity contribution >= 4 is 0 Å². The summed E-state index contributed by atoms with van der Waals surface area (Å²) < 4.78 is 24.1. The molecule has 0 saturated heterocycles. The van der Waals surface area contributed by atoms with E-state index in [1.165, 1.54) is 0 Å². The second kappa shape index (κ2) is 6.35. The molecule has 1 nitrogen and oxygen atoms in total. The number of alkyl halides is 2. The maximum absolute atomic E-state index is 12.0. The molecule has 3 heteroatoms. The minimum absolute atomic E-state index is 0.232. The molecule has 0 aliphatic carbocycles. The van der Waals surface area contributed by atoms with Crippen LogP contribution in [0.15, 0.2) is 0 Å². The molecule has 2 atom stereocenters. The topological polar surface area (TPSA) is 20.2 Å². The first-order chi connectivity index (χ1) is 5.63. The lowest BCUT2D eigenvalue weighted by atomic mass is 9.94. The standard InChI is InChI=1S/C9H18F2O/c1-3-5-6-7(4-2)8(12)9(10)11/h7-9,12H,3-6H2,1-2H3/t7-,8-/m1/s1. The van der Waals surface area contributed by atoms with Crippen LogP contribution in [0.25, 0.3) is 0 Å². The minimum atomic E-state index is -2.59. The molecule has 0 unspecified atom stereocenters. The van der Waals surface area contributed by atoms with Gasteiger partial charge in [0.25, 0.3) is 6.43 Å². The summed E-state index contributed by atoms with van der Waals surface area (Å²) in [6, 6.07) is 0. The molecular weight excluding hydrogens is 162 g/mol. The van der Waals surface area contributed by atoms with Gasteiger partial charge in [0, 0.05) is 0 Å². The van der Waals surface area contributed by atoms with E-state index in [2.05, 4.69) is 0 Å². The Balaban J connectivity index is 3.79. The molecule has 12 heavy (non-hydrogen) atoms. The van der Waals surface area contributed by atoms with E-state index in [1.54, 1.807) is 0 Å². The summed E-state index contributed by atoms with van der Waals surface area (Å²) >= 11 is 0. The summed E-state index contributed by atoms with van der Waals surface area (Å²) in [5.41, 5.74) is 0. The number of rotatable bonds is 6. The fourth-order valence-electron chi connectivity index (χ4n) is 1.29. The molecule has 0 aliphatic rings. The molecule has 0 amide bonds. The lowest BCUT2D eigenvalue weighted by Gasteiger charge is -2.20. The van der Waals surface area contributed by atoms with Crippen molar-refractivity contribution in [3.05, 3.63) is 0 Å². The van der Waals surface area contributed by atoms with Crippen LogP contribution >= 0.6 is 0 Å². The maximum atomic E-state index is 12.0. The van der Waals surface area contributed by atoms with E-state index in [-0.39, 0.29) is 5.92 Å². The van der Waals surface area contributed by atoms with Gasteiger partial charge in [0.15, 0.2) is 0 Å². The third kappa shape index (κ3) is 4.00. The molecule has 0 spiro atoms. The quantitative estimate of drug-likeness (QED) is 0.666. The Morgan fingerprint density at radius 2 is 1.83 bits per heavy atom. The Labute approximate surface area is 72.8 Å². The third-order valence-corrected chi connectivity index (χ3v) is 2.19. The van der Waals surface area contributed by atoms with Crippen LogP contribution < -0.4 is 0 Å². The van der Waals surface area contributed by atoms with Crippen LogP contribution in [0, 0.1) is 5.92 Å². The van der Waals surface area contributed by atoms with E-state index in [4.69, 9.17) is 5.11 Å². The number of hydrogen-bond acceptors (Lipinski definition) is 1. The molecule has 0 fully saturated rings. The zero-order valence-electron chi connectivity index (χ0n) is 7.76. The molecule has 0 radical (unpaired) electrons. The van der Waals surface area contributed by atoms with Crippen molar-refractivity contribution in [3.63, 3.8) is 0 Å². The molecule has 0 rings (SSSR count). The lowest BCUT2D eigenvalue weighted by molar-refractivity contribution is -0.0420. The maximum Gasteiger partial charge on any atom is 0.264 e. The Kier molecular flexibility index (Phi) is 6.25. The summed E-state index contributed by atoms with van der Waals surface area (Å²) in [7, 11) is 0. The fourth-order valence-corrected chi connectivity index (χ4v) is 1.29. The second-order valence-corrected chi connectivity index (χ2v) is 3.14. The van der Waals surface area contributed by atoms with Gasteiger partial charge in [-0.15, -0.1) is 0 Å².